The molecule has 0 unspecified atom stereocenters. The van der Waals surface area contributed by atoms with Gasteiger partial charge in [-0.1, -0.05) is 42.0 Å². The van der Waals surface area contributed by atoms with E-state index in [0.717, 1.165) is 27.9 Å². The normalized spacial score (nSPS) is 11.2. The Morgan fingerprint density at radius 1 is 0.833 bits per heavy atom. The highest BCUT2D eigenvalue weighted by Crippen LogP contribution is 2.26. The minimum absolute atomic E-state index is 0.0678. The summed E-state index contributed by atoms with van der Waals surface area (Å²) in [6.07, 6.45) is 0. The molecule has 0 saturated carbocycles. The summed E-state index contributed by atoms with van der Waals surface area (Å²) in [6, 6.07) is 17.4. The van der Waals surface area contributed by atoms with Gasteiger partial charge >= 0.3 is 0 Å². The molecule has 30 heavy (non-hydrogen) atoms. The lowest BCUT2D eigenvalue weighted by Crippen LogP contribution is -2.27. The molecule has 3 aromatic carbocycles. The van der Waals surface area contributed by atoms with Crippen molar-refractivity contribution in [3.8, 4) is 0 Å². The Kier molecular flexibility index (Phi) is 5.99. The molecule has 0 aliphatic rings. The molecule has 0 spiro atoms. The van der Waals surface area contributed by atoms with Gasteiger partial charge in [0.1, 0.15) is 0 Å². The van der Waals surface area contributed by atoms with Crippen LogP contribution in [0.25, 0.3) is 0 Å². The van der Waals surface area contributed by atoms with E-state index >= 15 is 0 Å². The number of aryl methyl sites for hydroxylation is 4. The maximum Gasteiger partial charge on any atom is 0.264 e. The van der Waals surface area contributed by atoms with Gasteiger partial charge in [-0.05, 0) is 68.7 Å². The van der Waals surface area contributed by atoms with Crippen LogP contribution in [0.1, 0.15) is 32.6 Å². The number of para-hydroxylation sites is 1. The lowest BCUT2D eigenvalue weighted by molar-refractivity contribution is 0.102. The van der Waals surface area contributed by atoms with Crippen LogP contribution < -0.4 is 9.62 Å². The van der Waals surface area contributed by atoms with E-state index in [9.17, 15) is 13.2 Å². The second kappa shape index (κ2) is 8.32. The fraction of sp³-hybridized carbons (Fsp3) is 0.208. The molecule has 1 N–H and O–H groups in total. The summed E-state index contributed by atoms with van der Waals surface area (Å²) in [4.78, 5) is 12.9. The predicted molar refractivity (Wildman–Crippen MR) is 122 cm³/mol. The van der Waals surface area contributed by atoms with Crippen LogP contribution in [0.4, 0.5) is 11.4 Å². The van der Waals surface area contributed by atoms with Crippen molar-refractivity contribution in [1.82, 2.24) is 0 Å². The highest BCUT2D eigenvalue weighted by atomic mass is 32.2. The number of nitrogens with zero attached hydrogens (tertiary/aromatic N) is 1. The van der Waals surface area contributed by atoms with E-state index in [2.05, 4.69) is 5.32 Å². The number of rotatable bonds is 5. The summed E-state index contributed by atoms with van der Waals surface area (Å²) < 4.78 is 27.6. The van der Waals surface area contributed by atoms with Crippen LogP contribution in [-0.4, -0.2) is 21.4 Å². The molecular weight excluding hydrogens is 396 g/mol. The standard InChI is InChI=1S/C24H26N2O3S/c1-16-13-18(3)23(19(4)14-16)25-24(27)20-10-8-11-21(15-20)30(28,29)26(5)22-12-7-6-9-17(22)2/h6-15H,1-5H3,(H,25,27). The molecule has 0 aliphatic heterocycles. The lowest BCUT2D eigenvalue weighted by Gasteiger charge is -2.21. The summed E-state index contributed by atoms with van der Waals surface area (Å²) in [7, 11) is -2.29. The molecule has 3 aromatic rings. The van der Waals surface area contributed by atoms with Crippen LogP contribution >= 0.6 is 0 Å². The first kappa shape index (κ1) is 21.6. The van der Waals surface area contributed by atoms with Gasteiger partial charge in [0.05, 0.1) is 10.6 Å². The number of hydrogen-bond donors (Lipinski definition) is 1. The Bertz CT molecular complexity index is 1190. The molecule has 0 aromatic heterocycles. The van der Waals surface area contributed by atoms with Crippen molar-refractivity contribution in [2.45, 2.75) is 32.6 Å². The van der Waals surface area contributed by atoms with Gasteiger partial charge in [0.15, 0.2) is 0 Å². The highest BCUT2D eigenvalue weighted by Gasteiger charge is 2.23. The molecule has 3 rings (SSSR count). The molecule has 0 bridgehead atoms. The van der Waals surface area contributed by atoms with E-state index in [1.807, 2.05) is 52.0 Å². The number of hydrogen-bond acceptors (Lipinski definition) is 3. The third-order valence-electron chi connectivity index (χ3n) is 5.12. The van der Waals surface area contributed by atoms with Gasteiger partial charge in [-0.3, -0.25) is 9.10 Å². The first-order valence-electron chi connectivity index (χ1n) is 9.65. The van der Waals surface area contributed by atoms with E-state index < -0.39 is 10.0 Å². The van der Waals surface area contributed by atoms with Gasteiger partial charge in [-0.25, -0.2) is 8.42 Å². The number of sulfonamides is 1. The third kappa shape index (κ3) is 4.24. The Labute approximate surface area is 178 Å². The van der Waals surface area contributed by atoms with Gasteiger partial charge in [0.25, 0.3) is 15.9 Å². The average Bonchev–Trinajstić information content (AvgIpc) is 2.70. The van der Waals surface area contributed by atoms with Crippen molar-refractivity contribution in [1.29, 1.82) is 0 Å². The summed E-state index contributed by atoms with van der Waals surface area (Å²) >= 11 is 0. The minimum atomic E-state index is -3.81. The average molecular weight is 423 g/mol. The lowest BCUT2D eigenvalue weighted by atomic mass is 10.0. The number of carbonyl (C=O) groups is 1. The molecule has 0 saturated heterocycles. The van der Waals surface area contributed by atoms with Gasteiger partial charge in [0.2, 0.25) is 0 Å². The van der Waals surface area contributed by atoms with Crippen molar-refractivity contribution in [2.75, 3.05) is 16.7 Å². The van der Waals surface area contributed by atoms with E-state index in [0.29, 0.717) is 5.69 Å². The molecule has 5 nitrogen and oxygen atoms in total. The number of benzene rings is 3. The smallest absolute Gasteiger partial charge is 0.264 e. The topological polar surface area (TPSA) is 66.5 Å². The van der Waals surface area contributed by atoms with Crippen molar-refractivity contribution in [3.63, 3.8) is 0 Å². The first-order valence-corrected chi connectivity index (χ1v) is 11.1. The van der Waals surface area contributed by atoms with Crippen LogP contribution in [0.15, 0.2) is 65.6 Å². The van der Waals surface area contributed by atoms with E-state index in [4.69, 9.17) is 0 Å². The summed E-state index contributed by atoms with van der Waals surface area (Å²) in [5.41, 5.74) is 5.52. The maximum atomic E-state index is 13.2. The quantitative estimate of drug-likeness (QED) is 0.629. The van der Waals surface area contributed by atoms with Crippen LogP contribution in [-0.2, 0) is 10.0 Å². The van der Waals surface area contributed by atoms with Gasteiger partial charge < -0.3 is 5.32 Å². The Hall–Kier alpha value is -3.12. The molecule has 1 amide bonds. The largest absolute Gasteiger partial charge is 0.322 e. The molecular formula is C24H26N2O3S. The molecule has 0 fully saturated rings. The zero-order chi connectivity index (χ0) is 22.1. The minimum Gasteiger partial charge on any atom is -0.322 e. The van der Waals surface area contributed by atoms with Gasteiger partial charge in [-0.2, -0.15) is 0 Å². The number of amides is 1. The predicted octanol–water partition coefficient (Wildman–Crippen LogP) is 5.00. The van der Waals surface area contributed by atoms with E-state index in [-0.39, 0.29) is 16.4 Å². The van der Waals surface area contributed by atoms with Crippen molar-refractivity contribution in [3.05, 3.63) is 88.5 Å². The van der Waals surface area contributed by atoms with Crippen LogP contribution in [0, 0.1) is 27.7 Å². The fourth-order valence-electron chi connectivity index (χ4n) is 3.57. The van der Waals surface area contributed by atoms with Crippen LogP contribution in [0.5, 0.6) is 0 Å². The summed E-state index contributed by atoms with van der Waals surface area (Å²) in [5.74, 6) is -0.347. The number of anilines is 2. The molecule has 6 heteroatoms. The zero-order valence-electron chi connectivity index (χ0n) is 17.9. The second-order valence-corrected chi connectivity index (χ2v) is 9.48. The summed E-state index contributed by atoms with van der Waals surface area (Å²) in [6.45, 7) is 7.74. The van der Waals surface area contributed by atoms with Gasteiger partial charge in [0, 0.05) is 18.3 Å². The van der Waals surface area contributed by atoms with Crippen LogP contribution in [0.2, 0.25) is 0 Å². The maximum absolute atomic E-state index is 13.2. The molecule has 0 atom stereocenters. The second-order valence-electron chi connectivity index (χ2n) is 7.51. The highest BCUT2D eigenvalue weighted by molar-refractivity contribution is 7.92. The van der Waals surface area contributed by atoms with Crippen molar-refractivity contribution in [2.24, 2.45) is 0 Å². The molecule has 0 radical (unpaired) electrons. The van der Waals surface area contributed by atoms with Crippen LogP contribution in [0.3, 0.4) is 0 Å². The van der Waals surface area contributed by atoms with Gasteiger partial charge in [-0.15, -0.1) is 0 Å². The first-order chi connectivity index (χ1) is 14.1. The number of nitrogens with one attached hydrogen (secondary N) is 1. The monoisotopic (exact) mass is 422 g/mol. The van der Waals surface area contributed by atoms with E-state index in [1.165, 1.54) is 23.5 Å². The third-order valence-corrected chi connectivity index (χ3v) is 6.89. The summed E-state index contributed by atoms with van der Waals surface area (Å²) in [5, 5.41) is 2.92. The zero-order valence-corrected chi connectivity index (χ0v) is 18.7. The van der Waals surface area contributed by atoms with Crippen molar-refractivity contribution >= 4 is 27.3 Å². The molecule has 0 aliphatic carbocycles. The number of carbonyl (C=O) groups excluding carboxylic acids is 1. The Morgan fingerprint density at radius 3 is 2.10 bits per heavy atom. The van der Waals surface area contributed by atoms with E-state index in [1.54, 1.807) is 24.3 Å². The molecule has 0 heterocycles. The Balaban J connectivity index is 1.92. The SMILES string of the molecule is Cc1cc(C)c(NC(=O)c2cccc(S(=O)(=O)N(C)c3ccccc3C)c2)c(C)c1. The van der Waals surface area contributed by atoms with Crippen molar-refractivity contribution < 1.29 is 13.2 Å². The molecule has 156 valence electrons. The Morgan fingerprint density at radius 2 is 1.47 bits per heavy atom. The fourth-order valence-corrected chi connectivity index (χ4v) is 4.87.